The van der Waals surface area contributed by atoms with Crippen molar-refractivity contribution in [2.24, 2.45) is 0 Å². The van der Waals surface area contributed by atoms with Crippen molar-refractivity contribution in [2.75, 3.05) is 5.33 Å². The molecule has 2 rings (SSSR count). The Morgan fingerprint density at radius 2 is 1.95 bits per heavy atom. The van der Waals surface area contributed by atoms with Crippen LogP contribution in [-0.4, -0.2) is 16.8 Å². The van der Waals surface area contributed by atoms with E-state index < -0.39 is 0 Å². The fraction of sp³-hybridized carbons (Fsp3) is 0.533. The molecule has 0 saturated heterocycles. The zero-order valence-electron chi connectivity index (χ0n) is 10.9. The lowest BCUT2D eigenvalue weighted by atomic mass is 9.83. The number of hydrogen-bond acceptors (Lipinski definition) is 1. The molecule has 1 fully saturated rings. The minimum absolute atomic E-state index is 0.0589. The molecule has 0 unspecified atom stereocenters. The first kappa shape index (κ1) is 14.9. The topological polar surface area (TPSA) is 29.1 Å². The molecule has 1 N–H and O–H groups in total. The summed E-state index contributed by atoms with van der Waals surface area (Å²) in [4.78, 5) is 12.2. The van der Waals surface area contributed by atoms with E-state index in [9.17, 15) is 4.79 Å². The van der Waals surface area contributed by atoms with Gasteiger partial charge in [0.25, 0.3) is 0 Å². The Kier molecular flexibility index (Phi) is 5.28. The fourth-order valence-electron chi connectivity index (χ4n) is 2.68. The first-order chi connectivity index (χ1) is 9.15. The summed E-state index contributed by atoms with van der Waals surface area (Å²) in [6.45, 7) is 0. The van der Waals surface area contributed by atoms with Gasteiger partial charge in [0.05, 0.1) is 6.42 Å². The summed E-state index contributed by atoms with van der Waals surface area (Å²) in [7, 11) is 0. The minimum atomic E-state index is -0.0589. The van der Waals surface area contributed by atoms with Crippen molar-refractivity contribution in [3.05, 3.63) is 34.9 Å². The summed E-state index contributed by atoms with van der Waals surface area (Å²) >= 11 is 9.65. The first-order valence-corrected chi connectivity index (χ1v) is 8.25. The van der Waals surface area contributed by atoms with Crippen molar-refractivity contribution in [3.63, 3.8) is 0 Å². The van der Waals surface area contributed by atoms with Crippen LogP contribution in [0.2, 0.25) is 5.02 Å². The summed E-state index contributed by atoms with van der Waals surface area (Å²) in [6, 6.07) is 7.52. The maximum Gasteiger partial charge on any atom is 0.224 e. The third-order valence-corrected chi connectivity index (χ3v) is 5.22. The Bertz CT molecular complexity index is 444. The van der Waals surface area contributed by atoms with Gasteiger partial charge in [-0.1, -0.05) is 65.0 Å². The van der Waals surface area contributed by atoms with Gasteiger partial charge in [0, 0.05) is 15.9 Å². The van der Waals surface area contributed by atoms with Crippen LogP contribution >= 0.6 is 27.5 Å². The Morgan fingerprint density at radius 1 is 1.26 bits per heavy atom. The van der Waals surface area contributed by atoms with Crippen LogP contribution < -0.4 is 5.32 Å². The molecule has 0 spiro atoms. The molecule has 1 aliphatic carbocycles. The van der Waals surface area contributed by atoms with Crippen LogP contribution in [0.1, 0.15) is 37.7 Å². The second-order valence-corrected chi connectivity index (χ2v) is 6.26. The van der Waals surface area contributed by atoms with Gasteiger partial charge in [-0.15, -0.1) is 0 Å². The molecule has 1 amide bonds. The summed E-state index contributed by atoms with van der Waals surface area (Å²) in [5.41, 5.74) is 0.832. The minimum Gasteiger partial charge on any atom is -0.350 e. The van der Waals surface area contributed by atoms with Crippen LogP contribution in [0.3, 0.4) is 0 Å². The van der Waals surface area contributed by atoms with Crippen LogP contribution in [0.5, 0.6) is 0 Å². The van der Waals surface area contributed by atoms with E-state index in [1.54, 1.807) is 0 Å². The normalized spacial score (nSPS) is 18.0. The Hall–Kier alpha value is -0.540. The van der Waals surface area contributed by atoms with Crippen molar-refractivity contribution in [3.8, 4) is 0 Å². The van der Waals surface area contributed by atoms with Gasteiger partial charge in [0.15, 0.2) is 0 Å². The second-order valence-electron chi connectivity index (χ2n) is 5.29. The summed E-state index contributed by atoms with van der Waals surface area (Å²) in [6.07, 6.45) is 6.14. The maximum absolute atomic E-state index is 12.2. The average Bonchev–Trinajstić information content (AvgIpc) is 2.42. The zero-order chi connectivity index (χ0) is 13.7. The molecule has 0 bridgehead atoms. The van der Waals surface area contributed by atoms with Crippen LogP contribution in [-0.2, 0) is 11.2 Å². The zero-order valence-corrected chi connectivity index (χ0v) is 13.3. The summed E-state index contributed by atoms with van der Waals surface area (Å²) in [5, 5.41) is 4.70. The van der Waals surface area contributed by atoms with Gasteiger partial charge in [-0.2, -0.15) is 0 Å². The van der Waals surface area contributed by atoms with E-state index in [2.05, 4.69) is 21.2 Å². The van der Waals surface area contributed by atoms with E-state index in [4.69, 9.17) is 11.6 Å². The molecule has 0 heterocycles. The number of rotatable bonds is 4. The molecular weight excluding hydrogens is 326 g/mol. The number of hydrogen-bond donors (Lipinski definition) is 1. The predicted octanol–water partition coefficient (Wildman–Crippen LogP) is 4.10. The Balaban J connectivity index is 1.98. The van der Waals surface area contributed by atoms with Crippen LogP contribution in [0, 0.1) is 0 Å². The fourth-order valence-corrected chi connectivity index (χ4v) is 3.58. The quantitative estimate of drug-likeness (QED) is 0.819. The molecule has 0 atom stereocenters. The number of benzene rings is 1. The number of carbonyl (C=O) groups excluding carboxylic acids is 1. The van der Waals surface area contributed by atoms with Gasteiger partial charge in [0.1, 0.15) is 0 Å². The molecule has 1 aromatic rings. The van der Waals surface area contributed by atoms with Crippen molar-refractivity contribution >= 4 is 33.4 Å². The van der Waals surface area contributed by atoms with Gasteiger partial charge in [-0.3, -0.25) is 4.79 Å². The Morgan fingerprint density at radius 3 is 2.58 bits per heavy atom. The summed E-state index contributed by atoms with van der Waals surface area (Å²) < 4.78 is 0. The average molecular weight is 345 g/mol. The second kappa shape index (κ2) is 6.76. The highest BCUT2D eigenvalue weighted by Gasteiger charge is 2.32. The molecule has 1 aliphatic rings. The van der Waals surface area contributed by atoms with E-state index >= 15 is 0 Å². The molecule has 2 nitrogen and oxygen atoms in total. The molecule has 0 radical (unpaired) electrons. The number of nitrogens with one attached hydrogen (secondary N) is 1. The first-order valence-electron chi connectivity index (χ1n) is 6.76. The maximum atomic E-state index is 12.2. The van der Waals surface area contributed by atoms with Crippen LogP contribution in [0.25, 0.3) is 0 Å². The lowest BCUT2D eigenvalue weighted by Gasteiger charge is -2.36. The van der Waals surface area contributed by atoms with Gasteiger partial charge in [-0.25, -0.2) is 0 Å². The number of amides is 1. The molecule has 4 heteroatoms. The molecule has 19 heavy (non-hydrogen) atoms. The van der Waals surface area contributed by atoms with Crippen molar-refractivity contribution in [1.29, 1.82) is 0 Å². The van der Waals surface area contributed by atoms with Crippen molar-refractivity contribution in [1.82, 2.24) is 5.32 Å². The summed E-state index contributed by atoms with van der Waals surface area (Å²) in [5.74, 6) is 0.0643. The highest BCUT2D eigenvalue weighted by molar-refractivity contribution is 9.09. The molecule has 0 aromatic heterocycles. The SMILES string of the molecule is O=C(Cc1ccccc1Cl)NC1(CBr)CCCCC1. The predicted molar refractivity (Wildman–Crippen MR) is 82.9 cm³/mol. The van der Waals surface area contributed by atoms with Gasteiger partial charge in [0.2, 0.25) is 5.91 Å². The van der Waals surface area contributed by atoms with E-state index in [-0.39, 0.29) is 11.4 Å². The highest BCUT2D eigenvalue weighted by atomic mass is 79.9. The highest BCUT2D eigenvalue weighted by Crippen LogP contribution is 2.30. The van der Waals surface area contributed by atoms with Gasteiger partial charge < -0.3 is 5.32 Å². The number of carbonyl (C=O) groups is 1. The van der Waals surface area contributed by atoms with E-state index in [0.717, 1.165) is 23.7 Å². The van der Waals surface area contributed by atoms with Crippen molar-refractivity contribution in [2.45, 2.75) is 44.1 Å². The smallest absolute Gasteiger partial charge is 0.224 e. The third-order valence-electron chi connectivity index (χ3n) is 3.78. The largest absolute Gasteiger partial charge is 0.350 e. The van der Waals surface area contributed by atoms with Crippen LogP contribution in [0.15, 0.2) is 24.3 Å². The van der Waals surface area contributed by atoms with Crippen LogP contribution in [0.4, 0.5) is 0 Å². The number of halogens is 2. The monoisotopic (exact) mass is 343 g/mol. The lowest BCUT2D eigenvalue weighted by Crippen LogP contribution is -2.51. The number of alkyl halides is 1. The van der Waals surface area contributed by atoms with E-state index in [1.807, 2.05) is 24.3 Å². The third kappa shape index (κ3) is 3.96. The molecule has 104 valence electrons. The molecule has 0 aliphatic heterocycles. The van der Waals surface area contributed by atoms with Crippen molar-refractivity contribution < 1.29 is 4.79 Å². The lowest BCUT2D eigenvalue weighted by molar-refractivity contribution is -0.122. The molecular formula is C15H19BrClNO. The standard InChI is InChI=1S/C15H19BrClNO/c16-11-15(8-4-1-5-9-15)18-14(19)10-12-6-2-3-7-13(12)17/h2-3,6-7H,1,4-5,8-11H2,(H,18,19). The molecule has 1 saturated carbocycles. The van der Waals surface area contributed by atoms with Gasteiger partial charge >= 0.3 is 0 Å². The van der Waals surface area contributed by atoms with E-state index in [0.29, 0.717) is 11.4 Å². The van der Waals surface area contributed by atoms with E-state index in [1.165, 1.54) is 19.3 Å². The van der Waals surface area contributed by atoms with Gasteiger partial charge in [-0.05, 0) is 24.5 Å². The Labute approximate surface area is 128 Å². The molecule has 1 aromatic carbocycles.